The topological polar surface area (TPSA) is 17.1 Å². The van der Waals surface area contributed by atoms with Crippen molar-refractivity contribution in [3.8, 4) is 0 Å². The predicted octanol–water partition coefficient (Wildman–Crippen LogP) is 5.13. The van der Waals surface area contributed by atoms with Crippen molar-refractivity contribution in [1.29, 1.82) is 0 Å². The molecule has 18 heavy (non-hydrogen) atoms. The van der Waals surface area contributed by atoms with Crippen LogP contribution < -0.4 is 0 Å². The summed E-state index contributed by atoms with van der Waals surface area (Å²) in [6.45, 7) is 3.89. The molecule has 0 saturated carbocycles. The lowest BCUT2D eigenvalue weighted by Gasteiger charge is -2.14. The minimum absolute atomic E-state index is 0.123. The lowest BCUT2D eigenvalue weighted by atomic mass is 9.90. The summed E-state index contributed by atoms with van der Waals surface area (Å²) in [5.41, 5.74) is -0.410. The second-order valence-electron chi connectivity index (χ2n) is 4.33. The van der Waals surface area contributed by atoms with E-state index >= 15 is 0 Å². The molecule has 0 saturated heterocycles. The Bertz CT molecular complexity index is 432. The van der Waals surface area contributed by atoms with Crippen LogP contribution in [-0.4, -0.2) is 5.78 Å². The molecule has 1 aromatic rings. The lowest BCUT2D eigenvalue weighted by molar-refractivity contribution is 0.0899. The summed E-state index contributed by atoms with van der Waals surface area (Å²) in [4.78, 5) is 12.2. The van der Waals surface area contributed by atoms with Crippen molar-refractivity contribution < 1.29 is 13.6 Å². The first-order valence-electron chi connectivity index (χ1n) is 6.20. The molecule has 0 amide bonds. The molecular formula is C14H17BrF2O. The van der Waals surface area contributed by atoms with Crippen LogP contribution >= 0.6 is 15.9 Å². The molecule has 1 rings (SSSR count). The van der Waals surface area contributed by atoms with E-state index in [4.69, 9.17) is 0 Å². The van der Waals surface area contributed by atoms with Gasteiger partial charge < -0.3 is 0 Å². The molecule has 4 heteroatoms. The highest BCUT2D eigenvalue weighted by Crippen LogP contribution is 2.26. The van der Waals surface area contributed by atoms with Crippen LogP contribution in [-0.2, 0) is 0 Å². The molecule has 0 aromatic heterocycles. The van der Waals surface area contributed by atoms with E-state index in [1.165, 1.54) is 6.07 Å². The van der Waals surface area contributed by atoms with Crippen molar-refractivity contribution in [2.45, 2.75) is 39.5 Å². The molecule has 0 N–H and O–H groups in total. The highest BCUT2D eigenvalue weighted by Gasteiger charge is 2.25. The molecule has 0 spiro atoms. The number of rotatable bonds is 6. The van der Waals surface area contributed by atoms with Crippen molar-refractivity contribution in [3.05, 3.63) is 33.8 Å². The Labute approximate surface area is 115 Å². The Morgan fingerprint density at radius 3 is 2.56 bits per heavy atom. The molecule has 100 valence electrons. The normalized spacial score (nSPS) is 12.5. The van der Waals surface area contributed by atoms with Gasteiger partial charge in [0.25, 0.3) is 0 Å². The molecule has 1 aromatic carbocycles. The van der Waals surface area contributed by atoms with Crippen LogP contribution in [0.25, 0.3) is 0 Å². The molecule has 1 unspecified atom stereocenters. The SMILES string of the molecule is CCCCC(CC)C(=O)c1c(F)ccc(Br)c1F. The Hall–Kier alpha value is -0.770. The number of hydrogen-bond acceptors (Lipinski definition) is 1. The second-order valence-corrected chi connectivity index (χ2v) is 5.18. The fourth-order valence-corrected chi connectivity index (χ4v) is 2.26. The van der Waals surface area contributed by atoms with Gasteiger partial charge in [-0.3, -0.25) is 4.79 Å². The van der Waals surface area contributed by atoms with Gasteiger partial charge in [0.05, 0.1) is 10.0 Å². The fraction of sp³-hybridized carbons (Fsp3) is 0.500. The van der Waals surface area contributed by atoms with E-state index in [1.54, 1.807) is 0 Å². The van der Waals surface area contributed by atoms with Gasteiger partial charge in [0.15, 0.2) is 11.6 Å². The van der Waals surface area contributed by atoms with E-state index in [1.807, 2.05) is 13.8 Å². The van der Waals surface area contributed by atoms with Crippen LogP contribution in [0.15, 0.2) is 16.6 Å². The summed E-state index contributed by atoms with van der Waals surface area (Å²) in [6.07, 6.45) is 3.14. The van der Waals surface area contributed by atoms with E-state index in [2.05, 4.69) is 15.9 Å². The number of ketones is 1. The first-order valence-corrected chi connectivity index (χ1v) is 6.99. The summed E-state index contributed by atoms with van der Waals surface area (Å²) < 4.78 is 27.6. The molecule has 0 aliphatic heterocycles. The number of halogens is 3. The molecule has 0 fully saturated rings. The molecule has 0 bridgehead atoms. The Morgan fingerprint density at radius 1 is 1.33 bits per heavy atom. The van der Waals surface area contributed by atoms with Crippen LogP contribution in [0.4, 0.5) is 8.78 Å². The summed E-state index contributed by atoms with van der Waals surface area (Å²) >= 11 is 2.98. The van der Waals surface area contributed by atoms with Crippen molar-refractivity contribution in [3.63, 3.8) is 0 Å². The van der Waals surface area contributed by atoms with E-state index in [-0.39, 0.29) is 10.4 Å². The number of unbranched alkanes of at least 4 members (excludes halogenated alkanes) is 1. The quantitative estimate of drug-likeness (QED) is 0.525. The molecule has 0 aliphatic carbocycles. The van der Waals surface area contributed by atoms with Gasteiger partial charge in [0.1, 0.15) is 5.82 Å². The maximum atomic E-state index is 13.8. The third-order valence-electron chi connectivity index (χ3n) is 3.06. The van der Waals surface area contributed by atoms with E-state index in [0.717, 1.165) is 18.9 Å². The van der Waals surface area contributed by atoms with Crippen LogP contribution in [0.3, 0.4) is 0 Å². The number of carbonyl (C=O) groups is 1. The van der Waals surface area contributed by atoms with Gasteiger partial charge in [0.2, 0.25) is 0 Å². The number of Topliss-reactive ketones (excluding diaryl/α,β-unsaturated/α-hetero) is 1. The van der Waals surface area contributed by atoms with Gasteiger partial charge in [-0.2, -0.15) is 0 Å². The maximum Gasteiger partial charge on any atom is 0.171 e. The zero-order valence-corrected chi connectivity index (χ0v) is 12.2. The van der Waals surface area contributed by atoms with Crippen molar-refractivity contribution >= 4 is 21.7 Å². The van der Waals surface area contributed by atoms with Crippen molar-refractivity contribution in [2.24, 2.45) is 5.92 Å². The third kappa shape index (κ3) is 3.37. The Kier molecular flexibility index (Phi) is 5.93. The smallest absolute Gasteiger partial charge is 0.171 e. The first-order chi connectivity index (χ1) is 8.52. The summed E-state index contributed by atoms with van der Waals surface area (Å²) in [6, 6.07) is 2.39. The lowest BCUT2D eigenvalue weighted by Crippen LogP contribution is -2.17. The fourth-order valence-electron chi connectivity index (χ4n) is 1.93. The summed E-state index contributed by atoms with van der Waals surface area (Å²) in [5, 5.41) is 0. The molecule has 0 heterocycles. The van der Waals surface area contributed by atoms with Gasteiger partial charge in [-0.25, -0.2) is 8.78 Å². The molecule has 0 radical (unpaired) electrons. The Morgan fingerprint density at radius 2 is 2.00 bits per heavy atom. The monoisotopic (exact) mass is 318 g/mol. The van der Waals surface area contributed by atoms with Gasteiger partial charge in [0, 0.05) is 5.92 Å². The van der Waals surface area contributed by atoms with E-state index in [0.29, 0.717) is 12.8 Å². The van der Waals surface area contributed by atoms with Gasteiger partial charge in [-0.1, -0.05) is 26.7 Å². The minimum atomic E-state index is -0.796. The Balaban J connectivity index is 3.05. The predicted molar refractivity (Wildman–Crippen MR) is 71.7 cm³/mol. The average molecular weight is 319 g/mol. The minimum Gasteiger partial charge on any atom is -0.294 e. The summed E-state index contributed by atoms with van der Waals surface area (Å²) in [5.74, 6) is -2.31. The maximum absolute atomic E-state index is 13.8. The van der Waals surface area contributed by atoms with Gasteiger partial charge in [-0.15, -0.1) is 0 Å². The third-order valence-corrected chi connectivity index (χ3v) is 3.67. The van der Waals surface area contributed by atoms with Gasteiger partial charge in [-0.05, 0) is 40.9 Å². The highest BCUT2D eigenvalue weighted by atomic mass is 79.9. The molecule has 0 aliphatic rings. The molecule has 1 nitrogen and oxygen atoms in total. The van der Waals surface area contributed by atoms with E-state index < -0.39 is 23.0 Å². The first kappa shape index (κ1) is 15.3. The molecular weight excluding hydrogens is 302 g/mol. The van der Waals surface area contributed by atoms with Crippen LogP contribution in [0.5, 0.6) is 0 Å². The highest BCUT2D eigenvalue weighted by molar-refractivity contribution is 9.10. The van der Waals surface area contributed by atoms with Crippen LogP contribution in [0.2, 0.25) is 0 Å². The average Bonchev–Trinajstić information content (AvgIpc) is 2.35. The number of carbonyl (C=O) groups excluding carboxylic acids is 1. The second kappa shape index (κ2) is 6.98. The van der Waals surface area contributed by atoms with E-state index in [9.17, 15) is 13.6 Å². The van der Waals surface area contributed by atoms with Crippen molar-refractivity contribution in [2.75, 3.05) is 0 Å². The largest absolute Gasteiger partial charge is 0.294 e. The molecule has 1 atom stereocenters. The van der Waals surface area contributed by atoms with Crippen molar-refractivity contribution in [1.82, 2.24) is 0 Å². The number of hydrogen-bond donors (Lipinski definition) is 0. The summed E-state index contributed by atoms with van der Waals surface area (Å²) in [7, 11) is 0. The standard InChI is InChI=1S/C14H17BrF2O/c1-3-5-6-9(4-2)14(18)12-11(16)8-7-10(15)13(12)17/h7-9H,3-6H2,1-2H3. The zero-order chi connectivity index (χ0) is 13.7. The zero-order valence-electron chi connectivity index (χ0n) is 10.6. The van der Waals surface area contributed by atoms with Crippen LogP contribution in [0.1, 0.15) is 49.9 Å². The number of benzene rings is 1. The van der Waals surface area contributed by atoms with Crippen LogP contribution in [0, 0.1) is 17.6 Å². The van der Waals surface area contributed by atoms with Gasteiger partial charge >= 0.3 is 0 Å².